The second kappa shape index (κ2) is 12.5. The number of aromatic nitrogens is 5. The zero-order chi connectivity index (χ0) is 34.1. The number of rotatable bonds is 9. The van der Waals surface area contributed by atoms with Gasteiger partial charge in [-0.2, -0.15) is 0 Å². The quantitative estimate of drug-likeness (QED) is 0.301. The molecule has 3 atom stereocenters. The number of hydrogen-bond donors (Lipinski definition) is 0. The minimum Gasteiger partial charge on any atom is -0.434 e. The maximum atomic E-state index is 14.6. The standard InChI is InChI=1S/C38H48FN9O2/c1-23(2)35(26-14-28(15-26)48-12-9-31-32(48)8-11-47(31)24(3)49)46-19-38(20-46)10-13-45(18-38)36-37(44-43-22-42-36)50-33-7-6-27(39)16-29(33)30-17-40-21-41-34(30)25-4-5-25/h6-7,16-17,21-23,25-26,28,31-32,35H,4-5,8-15,18-20H2,1-3H3/t26?,28?,31?,32?,35-/m1/s1. The van der Waals surface area contributed by atoms with E-state index in [2.05, 4.69) is 58.6 Å². The molecule has 11 nitrogen and oxygen atoms in total. The first-order valence-electron chi connectivity index (χ1n) is 18.7. The number of nitrogens with zero attached hydrogens (tertiary/aromatic N) is 9. The Balaban J connectivity index is 0.857. The van der Waals surface area contributed by atoms with Crippen molar-refractivity contribution in [2.24, 2.45) is 17.3 Å². The molecule has 6 fully saturated rings. The molecule has 0 radical (unpaired) electrons. The van der Waals surface area contributed by atoms with Gasteiger partial charge in [0.2, 0.25) is 5.91 Å². The van der Waals surface area contributed by atoms with Crippen molar-refractivity contribution in [3.63, 3.8) is 0 Å². The van der Waals surface area contributed by atoms with E-state index in [1.54, 1.807) is 25.5 Å². The Kier molecular flexibility index (Phi) is 8.02. The van der Waals surface area contributed by atoms with E-state index < -0.39 is 0 Å². The molecule has 2 unspecified atom stereocenters. The molecule has 0 N–H and O–H groups in total. The zero-order valence-corrected chi connectivity index (χ0v) is 29.4. The molecule has 6 heterocycles. The van der Waals surface area contributed by atoms with Gasteiger partial charge in [-0.3, -0.25) is 14.6 Å². The maximum Gasteiger partial charge on any atom is 0.282 e. The minimum absolute atomic E-state index is 0.224. The van der Waals surface area contributed by atoms with Gasteiger partial charge in [-0.05, 0) is 75.0 Å². The van der Waals surface area contributed by atoms with Crippen LogP contribution in [0.2, 0.25) is 0 Å². The molecular weight excluding hydrogens is 633 g/mol. The number of hydrogen-bond acceptors (Lipinski definition) is 10. The van der Waals surface area contributed by atoms with Gasteiger partial charge in [0.15, 0.2) is 5.82 Å². The van der Waals surface area contributed by atoms with Crippen LogP contribution in [-0.4, -0.2) is 109 Å². The summed E-state index contributed by atoms with van der Waals surface area (Å²) in [5.41, 5.74) is 2.56. The van der Waals surface area contributed by atoms with E-state index in [0.717, 1.165) is 88.5 Å². The number of likely N-dealkylation sites (tertiary alicyclic amines) is 3. The Bertz CT molecular complexity index is 1760. The first-order valence-corrected chi connectivity index (χ1v) is 18.7. The van der Waals surface area contributed by atoms with Gasteiger partial charge in [-0.15, -0.1) is 10.2 Å². The van der Waals surface area contributed by atoms with E-state index >= 15 is 0 Å². The van der Waals surface area contributed by atoms with Crippen molar-refractivity contribution in [2.45, 2.75) is 95.8 Å². The Hall–Kier alpha value is -3.77. The van der Waals surface area contributed by atoms with Crippen molar-refractivity contribution in [1.29, 1.82) is 0 Å². The zero-order valence-electron chi connectivity index (χ0n) is 29.4. The fraction of sp³-hybridized carbons (Fsp3) is 0.632. The van der Waals surface area contributed by atoms with Crippen LogP contribution in [0.15, 0.2) is 37.1 Å². The van der Waals surface area contributed by atoms with E-state index in [0.29, 0.717) is 59.0 Å². The molecule has 1 amide bonds. The molecule has 9 rings (SSSR count). The Morgan fingerprint density at radius 1 is 0.980 bits per heavy atom. The van der Waals surface area contributed by atoms with Crippen LogP contribution in [-0.2, 0) is 4.79 Å². The number of halogens is 1. The minimum atomic E-state index is -0.344. The summed E-state index contributed by atoms with van der Waals surface area (Å²) in [7, 11) is 0. The van der Waals surface area contributed by atoms with Crippen LogP contribution in [0.4, 0.5) is 10.2 Å². The van der Waals surface area contributed by atoms with Crippen molar-refractivity contribution in [3.05, 3.63) is 48.6 Å². The molecular formula is C38H48FN9O2. The van der Waals surface area contributed by atoms with E-state index in [1.165, 1.54) is 31.3 Å². The van der Waals surface area contributed by atoms with Gasteiger partial charge >= 0.3 is 0 Å². The first-order chi connectivity index (χ1) is 24.3. The monoisotopic (exact) mass is 681 g/mol. The lowest BCUT2D eigenvalue weighted by atomic mass is 9.68. The summed E-state index contributed by atoms with van der Waals surface area (Å²) in [5.74, 6) is 3.09. The first kappa shape index (κ1) is 32.2. The number of carbonyl (C=O) groups excluding carboxylic acids is 1. The Labute approximate surface area is 293 Å². The highest BCUT2D eigenvalue weighted by Crippen LogP contribution is 2.50. The Morgan fingerprint density at radius 3 is 2.58 bits per heavy atom. The Morgan fingerprint density at radius 2 is 1.80 bits per heavy atom. The highest BCUT2D eigenvalue weighted by molar-refractivity contribution is 5.74. The smallest absolute Gasteiger partial charge is 0.282 e. The highest BCUT2D eigenvalue weighted by atomic mass is 19.1. The molecule has 264 valence electrons. The normalized spacial score (nSPS) is 28.2. The van der Waals surface area contributed by atoms with E-state index in [1.807, 2.05) is 0 Å². The summed E-state index contributed by atoms with van der Waals surface area (Å²) in [6.07, 6.45) is 12.8. The highest BCUT2D eigenvalue weighted by Gasteiger charge is 2.55. The van der Waals surface area contributed by atoms with Crippen molar-refractivity contribution in [2.75, 3.05) is 44.2 Å². The average Bonchev–Trinajstić information content (AvgIpc) is 3.47. The predicted molar refractivity (Wildman–Crippen MR) is 186 cm³/mol. The van der Waals surface area contributed by atoms with Crippen LogP contribution < -0.4 is 9.64 Å². The molecule has 6 aliphatic rings. The lowest BCUT2D eigenvalue weighted by molar-refractivity contribution is -0.129. The third kappa shape index (κ3) is 5.62. The fourth-order valence-electron chi connectivity index (χ4n) is 10.4. The summed E-state index contributed by atoms with van der Waals surface area (Å²) in [6, 6.07) is 6.80. The van der Waals surface area contributed by atoms with Crippen LogP contribution in [0.3, 0.4) is 0 Å². The van der Waals surface area contributed by atoms with Gasteiger partial charge in [0.1, 0.15) is 24.2 Å². The fourth-order valence-corrected chi connectivity index (χ4v) is 10.4. The third-order valence-corrected chi connectivity index (χ3v) is 12.8. The number of ether oxygens (including phenoxy) is 1. The molecule has 1 aromatic carbocycles. The topological polar surface area (TPSA) is 104 Å². The molecule has 3 aromatic rings. The van der Waals surface area contributed by atoms with Crippen molar-refractivity contribution >= 4 is 11.7 Å². The average molecular weight is 682 g/mol. The summed E-state index contributed by atoms with van der Waals surface area (Å²) < 4.78 is 21.0. The van der Waals surface area contributed by atoms with Crippen molar-refractivity contribution in [3.8, 4) is 22.8 Å². The molecule has 2 aromatic heterocycles. The summed E-state index contributed by atoms with van der Waals surface area (Å²) in [4.78, 5) is 35.5. The number of carbonyl (C=O) groups is 1. The molecule has 4 saturated heterocycles. The van der Waals surface area contributed by atoms with Crippen LogP contribution in [0.25, 0.3) is 11.1 Å². The largest absolute Gasteiger partial charge is 0.434 e. The molecule has 2 aliphatic carbocycles. The van der Waals surface area contributed by atoms with E-state index in [9.17, 15) is 9.18 Å². The van der Waals surface area contributed by atoms with Crippen LogP contribution >= 0.6 is 0 Å². The van der Waals surface area contributed by atoms with Gasteiger partial charge in [-0.25, -0.2) is 19.3 Å². The van der Waals surface area contributed by atoms with Crippen LogP contribution in [0.1, 0.15) is 77.3 Å². The summed E-state index contributed by atoms with van der Waals surface area (Å²) >= 11 is 0. The second-order valence-corrected chi connectivity index (χ2v) is 16.3. The molecule has 0 bridgehead atoms. The predicted octanol–water partition coefficient (Wildman–Crippen LogP) is 5.15. The third-order valence-electron chi connectivity index (χ3n) is 12.8. The summed E-state index contributed by atoms with van der Waals surface area (Å²) in [5, 5.41) is 8.45. The van der Waals surface area contributed by atoms with E-state index in [-0.39, 0.29) is 17.1 Å². The lowest BCUT2D eigenvalue weighted by Gasteiger charge is -2.58. The molecule has 50 heavy (non-hydrogen) atoms. The molecule has 2 saturated carbocycles. The van der Waals surface area contributed by atoms with Gasteiger partial charge in [0.05, 0.1) is 5.69 Å². The van der Waals surface area contributed by atoms with Crippen molar-refractivity contribution < 1.29 is 13.9 Å². The van der Waals surface area contributed by atoms with Crippen LogP contribution in [0.5, 0.6) is 11.6 Å². The van der Waals surface area contributed by atoms with Gasteiger partial charge < -0.3 is 14.5 Å². The maximum absolute atomic E-state index is 14.6. The van der Waals surface area contributed by atoms with Crippen LogP contribution in [0, 0.1) is 23.1 Å². The van der Waals surface area contributed by atoms with Gasteiger partial charge in [0, 0.05) is 99.0 Å². The lowest BCUT2D eigenvalue weighted by Crippen LogP contribution is -2.65. The number of benzene rings is 1. The van der Waals surface area contributed by atoms with E-state index in [4.69, 9.17) is 4.74 Å². The molecule has 4 aliphatic heterocycles. The summed E-state index contributed by atoms with van der Waals surface area (Å²) in [6.45, 7) is 12.6. The molecule has 1 spiro atoms. The SMILES string of the molecule is CC(=O)N1CCC2C1CCN2C1CC([C@@H](C(C)C)N2CC3(CCN(c4ncnnc4Oc4ccc(F)cc4-c4cncnc4C4CC4)C3)C2)C1. The van der Waals surface area contributed by atoms with Gasteiger partial charge in [0.25, 0.3) is 5.88 Å². The number of anilines is 1. The van der Waals surface area contributed by atoms with Crippen molar-refractivity contribution in [1.82, 2.24) is 39.8 Å². The number of fused-ring (bicyclic) bond motifs is 1. The second-order valence-electron chi connectivity index (χ2n) is 16.3. The molecule has 12 heteroatoms. The number of amides is 1. The van der Waals surface area contributed by atoms with Gasteiger partial charge in [-0.1, -0.05) is 13.8 Å².